The number of carboxylic acid groups (broad SMARTS) is 1. The number of carbonyl (C=O) groups excluding carboxylic acids is 1. The largest absolute Gasteiger partial charge is 0.481 e. The number of carbonyl (C=O) groups is 2. The molecular weight excluding hydrogens is 364 g/mol. The molecule has 1 saturated carbocycles. The zero-order valence-electron chi connectivity index (χ0n) is 16.6. The van der Waals surface area contributed by atoms with Gasteiger partial charge in [-0.15, -0.1) is 0 Å². The van der Waals surface area contributed by atoms with Gasteiger partial charge in [0, 0.05) is 31.7 Å². The summed E-state index contributed by atoms with van der Waals surface area (Å²) in [6.07, 6.45) is 3.72. The van der Waals surface area contributed by atoms with Crippen LogP contribution in [0.4, 0.5) is 5.69 Å². The quantitative estimate of drug-likeness (QED) is 0.749. The molecule has 1 aliphatic heterocycles. The minimum Gasteiger partial charge on any atom is -0.481 e. The SMILES string of the molecule is O=C(O)CCc1cccc(NC(=O)[C@@]23CCC[C@@H]2CN(Cc2ccccc2)C3)c1. The van der Waals surface area contributed by atoms with Crippen LogP contribution in [0.25, 0.3) is 0 Å². The van der Waals surface area contributed by atoms with Gasteiger partial charge in [0.05, 0.1) is 5.41 Å². The Kier molecular flexibility index (Phi) is 5.67. The molecular formula is C24H28N2O3. The molecule has 1 aliphatic carbocycles. The van der Waals surface area contributed by atoms with Crippen LogP contribution in [0.1, 0.15) is 36.8 Å². The number of hydrogen-bond acceptors (Lipinski definition) is 3. The summed E-state index contributed by atoms with van der Waals surface area (Å²) in [6, 6.07) is 18.0. The second-order valence-electron chi connectivity index (χ2n) is 8.45. The lowest BCUT2D eigenvalue weighted by Crippen LogP contribution is -2.40. The number of amides is 1. The predicted molar refractivity (Wildman–Crippen MR) is 113 cm³/mol. The molecule has 4 rings (SSSR count). The molecule has 0 unspecified atom stereocenters. The van der Waals surface area contributed by atoms with Crippen molar-refractivity contribution in [2.75, 3.05) is 18.4 Å². The lowest BCUT2D eigenvalue weighted by Gasteiger charge is -2.28. The highest BCUT2D eigenvalue weighted by Gasteiger charge is 2.54. The van der Waals surface area contributed by atoms with Gasteiger partial charge in [0.25, 0.3) is 0 Å². The molecule has 29 heavy (non-hydrogen) atoms. The number of aryl methyl sites for hydroxylation is 1. The second kappa shape index (κ2) is 8.37. The van der Waals surface area contributed by atoms with E-state index in [1.807, 2.05) is 30.3 Å². The van der Waals surface area contributed by atoms with Crippen LogP contribution >= 0.6 is 0 Å². The van der Waals surface area contributed by atoms with Gasteiger partial charge in [-0.25, -0.2) is 0 Å². The van der Waals surface area contributed by atoms with E-state index in [0.717, 1.165) is 50.1 Å². The van der Waals surface area contributed by atoms with Crippen molar-refractivity contribution in [2.45, 2.75) is 38.6 Å². The van der Waals surface area contributed by atoms with Crippen molar-refractivity contribution in [1.29, 1.82) is 0 Å². The maximum absolute atomic E-state index is 13.4. The Morgan fingerprint density at radius 3 is 2.69 bits per heavy atom. The van der Waals surface area contributed by atoms with Gasteiger partial charge >= 0.3 is 5.97 Å². The van der Waals surface area contributed by atoms with Gasteiger partial charge in [-0.3, -0.25) is 14.5 Å². The Hall–Kier alpha value is -2.66. The molecule has 2 aromatic rings. The van der Waals surface area contributed by atoms with Crippen LogP contribution < -0.4 is 5.32 Å². The first-order valence-corrected chi connectivity index (χ1v) is 10.4. The first-order chi connectivity index (χ1) is 14.0. The summed E-state index contributed by atoms with van der Waals surface area (Å²) in [6.45, 7) is 2.66. The summed E-state index contributed by atoms with van der Waals surface area (Å²) in [4.78, 5) is 26.6. The molecule has 0 bridgehead atoms. The molecule has 152 valence electrons. The second-order valence-corrected chi connectivity index (χ2v) is 8.45. The number of anilines is 1. The highest BCUT2D eigenvalue weighted by atomic mass is 16.4. The summed E-state index contributed by atoms with van der Waals surface area (Å²) in [5.41, 5.74) is 2.67. The van der Waals surface area contributed by atoms with Crippen molar-refractivity contribution in [3.63, 3.8) is 0 Å². The average Bonchev–Trinajstić information content (AvgIpc) is 3.25. The number of nitrogens with one attached hydrogen (secondary N) is 1. The number of rotatable bonds is 7. The molecule has 2 aliphatic rings. The van der Waals surface area contributed by atoms with E-state index in [4.69, 9.17) is 5.11 Å². The van der Waals surface area contributed by atoms with Gasteiger partial charge in [-0.05, 0) is 48.4 Å². The smallest absolute Gasteiger partial charge is 0.303 e. The summed E-state index contributed by atoms with van der Waals surface area (Å²) >= 11 is 0. The molecule has 2 N–H and O–H groups in total. The lowest BCUT2D eigenvalue weighted by atomic mass is 9.79. The maximum atomic E-state index is 13.4. The molecule has 5 nitrogen and oxygen atoms in total. The van der Waals surface area contributed by atoms with Crippen LogP contribution in [0.3, 0.4) is 0 Å². The van der Waals surface area contributed by atoms with Crippen LogP contribution in [-0.4, -0.2) is 35.0 Å². The Balaban J connectivity index is 1.44. The normalized spacial score (nSPS) is 23.7. The highest BCUT2D eigenvalue weighted by molar-refractivity contribution is 5.96. The molecule has 2 aromatic carbocycles. The Morgan fingerprint density at radius 2 is 1.90 bits per heavy atom. The zero-order chi connectivity index (χ0) is 20.3. The van der Waals surface area contributed by atoms with Crippen LogP contribution in [0.5, 0.6) is 0 Å². The van der Waals surface area contributed by atoms with Crippen LogP contribution in [0, 0.1) is 11.3 Å². The number of fused-ring (bicyclic) bond motifs is 1. The van der Waals surface area contributed by atoms with E-state index in [9.17, 15) is 9.59 Å². The summed E-state index contributed by atoms with van der Waals surface area (Å²) in [5, 5.41) is 12.0. The Labute approximate surface area is 171 Å². The standard InChI is InChI=1S/C24H28N2O3/c27-22(28)12-11-18-8-4-10-21(14-18)25-23(29)24-13-5-9-20(24)16-26(17-24)15-19-6-2-1-3-7-19/h1-4,6-8,10,14,20H,5,9,11-13,15-17H2,(H,25,29)(H,27,28)/t20-,24-/m1/s1. The first kappa shape index (κ1) is 19.6. The van der Waals surface area contributed by atoms with Gasteiger partial charge in [-0.1, -0.05) is 48.9 Å². The molecule has 0 aromatic heterocycles. The van der Waals surface area contributed by atoms with Crippen molar-refractivity contribution in [1.82, 2.24) is 4.90 Å². The van der Waals surface area contributed by atoms with Crippen LogP contribution in [-0.2, 0) is 22.6 Å². The topological polar surface area (TPSA) is 69.6 Å². The third-order valence-corrected chi connectivity index (χ3v) is 6.45. The number of aliphatic carboxylic acids is 1. The van der Waals surface area contributed by atoms with E-state index in [0.29, 0.717) is 12.3 Å². The van der Waals surface area contributed by atoms with Crippen molar-refractivity contribution < 1.29 is 14.7 Å². The molecule has 1 amide bonds. The molecule has 1 heterocycles. The number of nitrogens with zero attached hydrogens (tertiary/aromatic N) is 1. The van der Waals surface area contributed by atoms with E-state index in [-0.39, 0.29) is 17.7 Å². The van der Waals surface area contributed by atoms with E-state index < -0.39 is 5.97 Å². The fourth-order valence-corrected chi connectivity index (χ4v) is 5.04. The van der Waals surface area contributed by atoms with E-state index in [1.54, 1.807) is 0 Å². The predicted octanol–water partition coefficient (Wildman–Crippen LogP) is 3.94. The third-order valence-electron chi connectivity index (χ3n) is 6.45. The molecule has 2 atom stereocenters. The minimum atomic E-state index is -0.809. The molecule has 2 fully saturated rings. The van der Waals surface area contributed by atoms with Crippen molar-refractivity contribution in [3.05, 3.63) is 65.7 Å². The van der Waals surface area contributed by atoms with Crippen molar-refractivity contribution >= 4 is 17.6 Å². The number of hydrogen-bond donors (Lipinski definition) is 2. The highest BCUT2D eigenvalue weighted by Crippen LogP contribution is 2.49. The molecule has 1 saturated heterocycles. The molecule has 0 spiro atoms. The fourth-order valence-electron chi connectivity index (χ4n) is 5.04. The van der Waals surface area contributed by atoms with E-state index in [2.05, 4.69) is 34.5 Å². The summed E-state index contributed by atoms with van der Waals surface area (Å²) in [7, 11) is 0. The third kappa shape index (κ3) is 4.35. The monoisotopic (exact) mass is 392 g/mol. The van der Waals surface area contributed by atoms with Crippen molar-refractivity contribution in [3.8, 4) is 0 Å². The number of likely N-dealkylation sites (tertiary alicyclic amines) is 1. The van der Waals surface area contributed by atoms with Crippen LogP contribution in [0.2, 0.25) is 0 Å². The number of benzene rings is 2. The fraction of sp³-hybridized carbons (Fsp3) is 0.417. The van der Waals surface area contributed by atoms with Gasteiger partial charge in [0.1, 0.15) is 0 Å². The Morgan fingerprint density at radius 1 is 1.10 bits per heavy atom. The maximum Gasteiger partial charge on any atom is 0.303 e. The van der Waals surface area contributed by atoms with Gasteiger partial charge in [-0.2, -0.15) is 0 Å². The Bertz CT molecular complexity index is 883. The van der Waals surface area contributed by atoms with E-state index >= 15 is 0 Å². The first-order valence-electron chi connectivity index (χ1n) is 10.4. The molecule has 0 radical (unpaired) electrons. The molecule has 5 heteroatoms. The van der Waals surface area contributed by atoms with Gasteiger partial charge in [0.2, 0.25) is 5.91 Å². The van der Waals surface area contributed by atoms with Gasteiger partial charge < -0.3 is 10.4 Å². The lowest BCUT2D eigenvalue weighted by molar-refractivity contribution is -0.137. The van der Waals surface area contributed by atoms with Gasteiger partial charge in [0.15, 0.2) is 0 Å². The van der Waals surface area contributed by atoms with E-state index in [1.165, 1.54) is 5.56 Å². The number of carboxylic acids is 1. The minimum absolute atomic E-state index is 0.0951. The zero-order valence-corrected chi connectivity index (χ0v) is 16.6. The van der Waals surface area contributed by atoms with Crippen LogP contribution in [0.15, 0.2) is 54.6 Å². The summed E-state index contributed by atoms with van der Waals surface area (Å²) in [5.74, 6) is -0.288. The van der Waals surface area contributed by atoms with Crippen molar-refractivity contribution in [2.24, 2.45) is 11.3 Å². The average molecular weight is 392 g/mol. The summed E-state index contributed by atoms with van der Waals surface area (Å²) < 4.78 is 0.